The Bertz CT molecular complexity index is 723. The molecule has 3 fully saturated rings. The molecule has 3 aliphatic heterocycles. The molecule has 4 rings (SSSR count). The second-order valence-corrected chi connectivity index (χ2v) is 8.38. The van der Waals surface area contributed by atoms with E-state index in [-0.39, 0.29) is 23.3 Å². The molecule has 0 radical (unpaired) electrons. The summed E-state index contributed by atoms with van der Waals surface area (Å²) >= 11 is 0. The Balaban J connectivity index is 1.52. The van der Waals surface area contributed by atoms with Crippen LogP contribution in [-0.4, -0.2) is 61.1 Å². The van der Waals surface area contributed by atoms with E-state index in [1.165, 1.54) is 0 Å². The smallest absolute Gasteiger partial charge is 0.321 e. The lowest BCUT2D eigenvalue weighted by Crippen LogP contribution is -2.45. The van der Waals surface area contributed by atoms with Gasteiger partial charge in [-0.25, -0.2) is 4.79 Å². The first-order chi connectivity index (χ1) is 13.6. The second kappa shape index (κ2) is 8.11. The van der Waals surface area contributed by atoms with Crippen LogP contribution in [0.25, 0.3) is 0 Å². The number of ether oxygens (including phenoxy) is 1. The van der Waals surface area contributed by atoms with Crippen LogP contribution in [0.2, 0.25) is 0 Å². The molecule has 6 nitrogen and oxygen atoms in total. The van der Waals surface area contributed by atoms with Crippen LogP contribution in [0.1, 0.15) is 38.2 Å². The van der Waals surface area contributed by atoms with Gasteiger partial charge in [0.15, 0.2) is 0 Å². The van der Waals surface area contributed by atoms with Gasteiger partial charge >= 0.3 is 6.03 Å². The molecule has 0 unspecified atom stereocenters. The van der Waals surface area contributed by atoms with Crippen molar-refractivity contribution in [2.24, 2.45) is 11.3 Å². The number of nitrogens with zero attached hydrogens (tertiary/aromatic N) is 2. The highest BCUT2D eigenvalue weighted by Crippen LogP contribution is 2.45. The van der Waals surface area contributed by atoms with Crippen LogP contribution in [-0.2, 0) is 16.0 Å². The van der Waals surface area contributed by atoms with Gasteiger partial charge in [-0.05, 0) is 43.7 Å². The molecule has 3 heterocycles. The Morgan fingerprint density at radius 3 is 2.57 bits per heavy atom. The molecule has 1 aromatic rings. The number of carbonyl (C=O) groups excluding carboxylic acids is 2. The van der Waals surface area contributed by atoms with Crippen molar-refractivity contribution in [3.8, 4) is 0 Å². The number of urea groups is 1. The fourth-order valence-corrected chi connectivity index (χ4v) is 5.05. The van der Waals surface area contributed by atoms with Crippen molar-refractivity contribution in [1.29, 1.82) is 0 Å². The number of benzene rings is 1. The largest absolute Gasteiger partial charge is 0.381 e. The van der Waals surface area contributed by atoms with E-state index in [2.05, 4.69) is 12.2 Å². The normalized spacial score (nSPS) is 24.0. The van der Waals surface area contributed by atoms with Crippen LogP contribution >= 0.6 is 0 Å². The number of rotatable bonds is 3. The maximum absolute atomic E-state index is 13.3. The summed E-state index contributed by atoms with van der Waals surface area (Å²) in [4.78, 5) is 30.2. The molecule has 0 aliphatic carbocycles. The molecule has 3 amide bonds. The average Bonchev–Trinajstić information content (AvgIpc) is 3.37. The predicted octanol–water partition coefficient (Wildman–Crippen LogP) is 3.13. The van der Waals surface area contributed by atoms with E-state index in [1.54, 1.807) is 0 Å². The predicted molar refractivity (Wildman–Crippen MR) is 108 cm³/mol. The molecule has 28 heavy (non-hydrogen) atoms. The summed E-state index contributed by atoms with van der Waals surface area (Å²) in [5.74, 6) is 0.130. The van der Waals surface area contributed by atoms with Gasteiger partial charge < -0.3 is 19.9 Å². The highest BCUT2D eigenvalue weighted by Gasteiger charge is 2.52. The van der Waals surface area contributed by atoms with Gasteiger partial charge in [0, 0.05) is 50.5 Å². The topological polar surface area (TPSA) is 61.9 Å². The lowest BCUT2D eigenvalue weighted by atomic mass is 9.71. The molecule has 0 aromatic heterocycles. The number of amides is 3. The van der Waals surface area contributed by atoms with E-state index in [9.17, 15) is 9.59 Å². The molecule has 6 heteroatoms. The number of carbonyl (C=O) groups is 2. The molecular formula is C22H31N3O3. The van der Waals surface area contributed by atoms with Gasteiger partial charge in [0.05, 0.1) is 5.92 Å². The van der Waals surface area contributed by atoms with Crippen molar-refractivity contribution in [3.05, 3.63) is 29.8 Å². The van der Waals surface area contributed by atoms with Gasteiger partial charge in [0.25, 0.3) is 0 Å². The average molecular weight is 386 g/mol. The zero-order chi connectivity index (χ0) is 19.6. The first-order valence-corrected chi connectivity index (χ1v) is 10.6. The van der Waals surface area contributed by atoms with E-state index >= 15 is 0 Å². The zero-order valence-corrected chi connectivity index (χ0v) is 16.8. The number of aryl methyl sites for hydroxylation is 1. The van der Waals surface area contributed by atoms with E-state index in [0.717, 1.165) is 56.4 Å². The highest BCUT2D eigenvalue weighted by molar-refractivity contribution is 5.91. The molecule has 0 bridgehead atoms. The van der Waals surface area contributed by atoms with Gasteiger partial charge in [-0.15, -0.1) is 0 Å². The highest BCUT2D eigenvalue weighted by atomic mass is 16.5. The van der Waals surface area contributed by atoms with Crippen molar-refractivity contribution in [2.45, 2.75) is 39.0 Å². The van der Waals surface area contributed by atoms with E-state index in [1.807, 2.05) is 34.1 Å². The molecule has 3 saturated heterocycles. The number of hydrogen-bond donors (Lipinski definition) is 1. The third-order valence-electron chi connectivity index (χ3n) is 6.78. The number of nitrogens with one attached hydrogen (secondary N) is 1. The standard InChI is InChI=1S/C22H31N3O3/c1-2-17-7-3-4-8-19(17)23-21(27)25-15-18(20(26)24-11-5-6-12-24)22(16-25)9-13-28-14-10-22/h3-4,7-8,18H,2,5-6,9-16H2,1H3,(H,23,27)/t18-/m0/s1. The monoisotopic (exact) mass is 385 g/mol. The van der Waals surface area contributed by atoms with E-state index < -0.39 is 0 Å². The Kier molecular flexibility index (Phi) is 5.58. The number of para-hydroxylation sites is 1. The van der Waals surface area contributed by atoms with E-state index in [0.29, 0.717) is 26.3 Å². The van der Waals surface area contributed by atoms with Gasteiger partial charge in [-0.1, -0.05) is 25.1 Å². The first-order valence-electron chi connectivity index (χ1n) is 10.6. The minimum atomic E-state index is -0.139. The van der Waals surface area contributed by atoms with Crippen molar-refractivity contribution >= 4 is 17.6 Å². The maximum atomic E-state index is 13.3. The summed E-state index contributed by atoms with van der Waals surface area (Å²) < 4.78 is 5.59. The maximum Gasteiger partial charge on any atom is 0.321 e. The second-order valence-electron chi connectivity index (χ2n) is 8.38. The molecule has 0 saturated carbocycles. The summed E-state index contributed by atoms with van der Waals surface area (Å²) in [5, 5.41) is 3.09. The molecule has 1 aromatic carbocycles. The molecule has 1 atom stereocenters. The van der Waals surface area contributed by atoms with Crippen LogP contribution in [0.4, 0.5) is 10.5 Å². The van der Waals surface area contributed by atoms with E-state index in [4.69, 9.17) is 4.74 Å². The van der Waals surface area contributed by atoms with Gasteiger partial charge in [0.2, 0.25) is 5.91 Å². The summed E-state index contributed by atoms with van der Waals surface area (Å²) in [6.07, 6.45) is 4.76. The van der Waals surface area contributed by atoms with Crippen molar-refractivity contribution in [1.82, 2.24) is 9.80 Å². The molecular weight excluding hydrogens is 354 g/mol. The van der Waals surface area contributed by atoms with Crippen LogP contribution in [0, 0.1) is 11.3 Å². The fourth-order valence-electron chi connectivity index (χ4n) is 5.05. The van der Waals surface area contributed by atoms with Gasteiger partial charge in [-0.3, -0.25) is 4.79 Å². The SMILES string of the molecule is CCc1ccccc1NC(=O)N1C[C@@H](C(=O)N2CCCC2)C2(CCOCC2)C1. The van der Waals surface area contributed by atoms with Gasteiger partial charge in [0.1, 0.15) is 0 Å². The Labute approximate surface area is 167 Å². The van der Waals surface area contributed by atoms with Crippen molar-refractivity contribution < 1.29 is 14.3 Å². The Hall–Kier alpha value is -2.08. The van der Waals surface area contributed by atoms with Crippen LogP contribution < -0.4 is 5.32 Å². The first kappa shape index (κ1) is 19.2. The Morgan fingerprint density at radius 1 is 1.14 bits per heavy atom. The summed E-state index contributed by atoms with van der Waals surface area (Å²) in [6.45, 7) is 6.31. The lowest BCUT2D eigenvalue weighted by molar-refractivity contribution is -0.139. The zero-order valence-electron chi connectivity index (χ0n) is 16.8. The number of hydrogen-bond acceptors (Lipinski definition) is 3. The summed E-state index contributed by atoms with van der Waals surface area (Å²) in [7, 11) is 0. The lowest BCUT2D eigenvalue weighted by Gasteiger charge is -2.38. The number of likely N-dealkylation sites (tertiary alicyclic amines) is 2. The Morgan fingerprint density at radius 2 is 1.86 bits per heavy atom. The molecule has 1 N–H and O–H groups in total. The van der Waals surface area contributed by atoms with Crippen LogP contribution in [0.15, 0.2) is 24.3 Å². The quantitative estimate of drug-likeness (QED) is 0.870. The minimum absolute atomic E-state index is 0.0940. The van der Waals surface area contributed by atoms with Crippen LogP contribution in [0.3, 0.4) is 0 Å². The third-order valence-corrected chi connectivity index (χ3v) is 6.78. The van der Waals surface area contributed by atoms with Crippen molar-refractivity contribution in [3.63, 3.8) is 0 Å². The van der Waals surface area contributed by atoms with Crippen LogP contribution in [0.5, 0.6) is 0 Å². The van der Waals surface area contributed by atoms with Crippen molar-refractivity contribution in [2.75, 3.05) is 44.7 Å². The molecule has 152 valence electrons. The summed E-state index contributed by atoms with van der Waals surface area (Å²) in [5.41, 5.74) is 1.85. The molecule has 3 aliphatic rings. The third kappa shape index (κ3) is 3.62. The summed E-state index contributed by atoms with van der Waals surface area (Å²) in [6, 6.07) is 7.83. The minimum Gasteiger partial charge on any atom is -0.381 e. The number of anilines is 1. The molecule has 1 spiro atoms. The fraction of sp³-hybridized carbons (Fsp3) is 0.636. The van der Waals surface area contributed by atoms with Gasteiger partial charge in [-0.2, -0.15) is 0 Å².